The molecule has 0 N–H and O–H groups in total. The van der Waals surface area contributed by atoms with Crippen LogP contribution in [0.2, 0.25) is 0 Å². The maximum absolute atomic E-state index is 0. The van der Waals surface area contributed by atoms with Crippen molar-refractivity contribution in [1.29, 1.82) is 0 Å². The van der Waals surface area contributed by atoms with Crippen LogP contribution in [0.25, 0.3) is 0 Å². The van der Waals surface area contributed by atoms with Crippen molar-refractivity contribution in [3.05, 3.63) is 0 Å². The van der Waals surface area contributed by atoms with Crippen LogP contribution in [-0.4, -0.2) is 28.1 Å². The second-order valence-corrected chi connectivity index (χ2v) is 0. The molecule has 0 saturated carbocycles. The van der Waals surface area contributed by atoms with Gasteiger partial charge in [0, 0.05) is 44.7 Å². The minimum Gasteiger partial charge on any atom is -1.00 e. The van der Waals surface area contributed by atoms with Crippen LogP contribution in [0.5, 0.6) is 0 Å². The fraction of sp³-hybridized carbons (Fsp3) is 0. The molecule has 0 fully saturated rings. The maximum Gasteiger partial charge on any atom is 2.00 e. The van der Waals surface area contributed by atoms with Crippen molar-refractivity contribution >= 4 is 28.1 Å². The van der Waals surface area contributed by atoms with E-state index in [1.165, 1.54) is 0 Å². The summed E-state index contributed by atoms with van der Waals surface area (Å²) in [6.07, 6.45) is 0. The van der Waals surface area contributed by atoms with Gasteiger partial charge in [-0.05, 0) is 0 Å². The molecule has 1 unspecified atom stereocenters. The van der Waals surface area contributed by atoms with Crippen LogP contribution >= 0.6 is 0 Å². The van der Waals surface area contributed by atoms with Crippen molar-refractivity contribution in [1.82, 2.24) is 0 Å². The van der Waals surface area contributed by atoms with Gasteiger partial charge in [0.2, 0.25) is 0 Å². The Morgan fingerprint density at radius 2 is 1.25 bits per heavy atom. The molecular weight excluding hydrogens is 248 g/mol. The van der Waals surface area contributed by atoms with Gasteiger partial charge in [0.1, 0.15) is 0 Å². The molecule has 0 aliphatic carbocycles. The second-order valence-electron chi connectivity index (χ2n) is 0. The summed E-state index contributed by atoms with van der Waals surface area (Å²) < 4.78 is 0. The molecular formula is H5AsBeCdCr. The Balaban J connectivity index is 0. The molecule has 0 aromatic heterocycles. The van der Waals surface area contributed by atoms with Crippen LogP contribution in [0.15, 0.2) is 0 Å². The first kappa shape index (κ1) is 34.9. The summed E-state index contributed by atoms with van der Waals surface area (Å²) in [5.41, 5.74) is 0. The summed E-state index contributed by atoms with van der Waals surface area (Å²) in [6.45, 7) is 0. The smallest absolute Gasteiger partial charge is 1.00 e. The summed E-state index contributed by atoms with van der Waals surface area (Å²) in [5, 5.41) is 0. The average molecular weight is 253 g/mol. The van der Waals surface area contributed by atoms with E-state index in [1.807, 2.05) is 0 Å². The van der Waals surface area contributed by atoms with E-state index in [1.54, 1.807) is 0 Å². The van der Waals surface area contributed by atoms with E-state index in [-0.39, 0.29) is 75.6 Å². The molecule has 0 nitrogen and oxygen atoms in total. The largest absolute Gasteiger partial charge is 2.00 e. The zero-order valence-electron chi connectivity index (χ0n) is 4.53. The zero-order valence-corrected chi connectivity index (χ0v) is 10.8. The molecule has 0 aromatic rings. The number of hydrogen-bond acceptors (Lipinski definition) is 0. The molecule has 0 heterocycles. The Morgan fingerprint density at radius 1 is 1.25 bits per heavy atom. The number of hydrogen-bond donors (Lipinski definition) is 0. The predicted octanol–water partition coefficient (Wildman–Crippen LogP) is -1.34. The van der Waals surface area contributed by atoms with Gasteiger partial charge in [-0.15, -0.1) is 0 Å². The van der Waals surface area contributed by atoms with Crippen LogP contribution in [0, 0.1) is 0 Å². The van der Waals surface area contributed by atoms with Crippen LogP contribution < -0.4 is 0 Å². The van der Waals surface area contributed by atoms with Gasteiger partial charge < -0.3 is 2.85 Å². The molecule has 0 aliphatic heterocycles. The van der Waals surface area contributed by atoms with E-state index in [9.17, 15) is 0 Å². The van der Waals surface area contributed by atoms with E-state index in [0.717, 1.165) is 0 Å². The van der Waals surface area contributed by atoms with E-state index in [0.29, 0.717) is 0 Å². The first-order valence-corrected chi connectivity index (χ1v) is 0. The fourth-order valence-corrected chi connectivity index (χ4v) is 0. The van der Waals surface area contributed by atoms with Gasteiger partial charge in [0.05, 0.1) is 0 Å². The fourth-order valence-electron chi connectivity index (χ4n) is 0. The van der Waals surface area contributed by atoms with Crippen LogP contribution in [0.4, 0.5) is 0 Å². The SMILES string of the molecule is [AsH3].[Be+2].[Cd].[Cr].[H-].[H-]. The number of rotatable bonds is 0. The predicted molar refractivity (Wildman–Crippen MR) is 17.9 cm³/mol. The monoisotopic (exact) mass is 255 g/mol. The van der Waals surface area contributed by atoms with E-state index < -0.39 is 0 Å². The first-order valence-electron chi connectivity index (χ1n) is 0. The Hall–Kier alpha value is 2.18. The third-order valence-corrected chi connectivity index (χ3v) is 0. The Bertz CT molecular complexity index is 13.5. The molecule has 4 heteroatoms. The molecule has 1 atom stereocenters. The summed E-state index contributed by atoms with van der Waals surface area (Å²) in [7, 11) is 0. The normalized spacial score (nSPS) is 0. The van der Waals surface area contributed by atoms with Crippen LogP contribution in [-0.2, 0) is 44.7 Å². The van der Waals surface area contributed by atoms with Crippen molar-refractivity contribution in [3.8, 4) is 0 Å². The van der Waals surface area contributed by atoms with Gasteiger partial charge in [-0.1, -0.05) is 0 Å². The molecule has 0 radical (unpaired) electrons. The standard InChI is InChI=1S/AsH3.Be.Cd.Cr.2H/h1H3;;;;;/q;+2;;;2*-1. The summed E-state index contributed by atoms with van der Waals surface area (Å²) >= 11 is 0. The molecule has 0 saturated heterocycles. The van der Waals surface area contributed by atoms with Crippen LogP contribution in [0.3, 0.4) is 0 Å². The van der Waals surface area contributed by atoms with Crippen molar-refractivity contribution in [2.75, 3.05) is 0 Å². The minimum absolute atomic E-state index is 0. The quantitative estimate of drug-likeness (QED) is 0.469. The summed E-state index contributed by atoms with van der Waals surface area (Å²) in [6, 6.07) is 0. The third kappa shape index (κ3) is 8.89. The topological polar surface area (TPSA) is 0 Å². The summed E-state index contributed by atoms with van der Waals surface area (Å²) in [5.74, 6) is 0. The molecule has 0 aromatic carbocycles. The molecule has 0 spiro atoms. The summed E-state index contributed by atoms with van der Waals surface area (Å²) in [4.78, 5) is 0. The third-order valence-electron chi connectivity index (χ3n) is 0. The minimum atomic E-state index is 0. The maximum atomic E-state index is 0. The average Bonchev–Trinajstić information content (AvgIpc) is 0. The zero-order chi connectivity index (χ0) is 0. The van der Waals surface area contributed by atoms with E-state index >= 15 is 0 Å². The van der Waals surface area contributed by atoms with Crippen molar-refractivity contribution < 1.29 is 47.5 Å². The van der Waals surface area contributed by atoms with Gasteiger partial charge in [-0.3, -0.25) is 0 Å². The van der Waals surface area contributed by atoms with Gasteiger partial charge in [-0.25, -0.2) is 0 Å². The first-order chi connectivity index (χ1) is 0. The second kappa shape index (κ2) is 19.0. The molecule has 4 heavy (non-hydrogen) atoms. The van der Waals surface area contributed by atoms with E-state index in [2.05, 4.69) is 0 Å². The van der Waals surface area contributed by atoms with Crippen molar-refractivity contribution in [2.45, 2.75) is 0 Å². The Morgan fingerprint density at radius 3 is 1.25 bits per heavy atom. The van der Waals surface area contributed by atoms with Gasteiger partial charge in [0.25, 0.3) is 0 Å². The van der Waals surface area contributed by atoms with E-state index in [4.69, 9.17) is 0 Å². The van der Waals surface area contributed by atoms with Crippen LogP contribution in [0.1, 0.15) is 2.85 Å². The van der Waals surface area contributed by atoms with Crippen molar-refractivity contribution in [2.24, 2.45) is 0 Å². The van der Waals surface area contributed by atoms with Gasteiger partial charge in [-0.2, -0.15) is 0 Å². The Labute approximate surface area is 74.9 Å². The Kier molecular flexibility index (Phi) is 166. The van der Waals surface area contributed by atoms with Crippen molar-refractivity contribution in [3.63, 3.8) is 0 Å². The molecule has 0 rings (SSSR count). The van der Waals surface area contributed by atoms with Gasteiger partial charge >= 0.3 is 28.1 Å². The van der Waals surface area contributed by atoms with Gasteiger partial charge in [0.15, 0.2) is 0 Å². The molecule has 0 amide bonds. The molecule has 20 valence electrons. The molecule has 0 bridgehead atoms. The molecule has 0 aliphatic rings.